The van der Waals surface area contributed by atoms with Crippen molar-refractivity contribution in [2.45, 2.75) is 32.2 Å². The van der Waals surface area contributed by atoms with Crippen LogP contribution < -0.4 is 0 Å². The standard InChI is InChI=1S/C15H18N2O/c1-2-11-5-4-10-17(11)15(18)13-6-3-7-14-12(13)8-9-16-14/h3,6-9,11,16H,2,4-5,10H2,1H3. The van der Waals surface area contributed by atoms with Gasteiger partial charge in [0.15, 0.2) is 0 Å². The van der Waals surface area contributed by atoms with Gasteiger partial charge in [0.2, 0.25) is 0 Å². The maximum absolute atomic E-state index is 12.6. The minimum atomic E-state index is 0.185. The van der Waals surface area contributed by atoms with E-state index >= 15 is 0 Å². The highest BCUT2D eigenvalue weighted by atomic mass is 16.2. The van der Waals surface area contributed by atoms with Crippen molar-refractivity contribution in [3.05, 3.63) is 36.0 Å². The lowest BCUT2D eigenvalue weighted by molar-refractivity contribution is 0.0735. The van der Waals surface area contributed by atoms with E-state index in [4.69, 9.17) is 0 Å². The van der Waals surface area contributed by atoms with Crippen LogP contribution in [0.25, 0.3) is 10.9 Å². The van der Waals surface area contributed by atoms with Gasteiger partial charge in [-0.3, -0.25) is 4.79 Å². The summed E-state index contributed by atoms with van der Waals surface area (Å²) in [5.41, 5.74) is 1.86. The number of fused-ring (bicyclic) bond motifs is 1. The Hall–Kier alpha value is -1.77. The number of hydrogen-bond donors (Lipinski definition) is 1. The molecule has 1 saturated heterocycles. The summed E-state index contributed by atoms with van der Waals surface area (Å²) in [4.78, 5) is 17.8. The zero-order chi connectivity index (χ0) is 12.5. The minimum absolute atomic E-state index is 0.185. The fourth-order valence-corrected chi connectivity index (χ4v) is 2.95. The topological polar surface area (TPSA) is 36.1 Å². The molecule has 0 radical (unpaired) electrons. The molecule has 3 rings (SSSR count). The van der Waals surface area contributed by atoms with Crippen LogP contribution in [0, 0.1) is 0 Å². The summed E-state index contributed by atoms with van der Waals surface area (Å²) in [6, 6.07) is 8.30. The Balaban J connectivity index is 1.99. The van der Waals surface area contributed by atoms with Gasteiger partial charge in [0.05, 0.1) is 0 Å². The molecule has 0 spiro atoms. The highest BCUT2D eigenvalue weighted by Crippen LogP contribution is 2.25. The number of nitrogens with one attached hydrogen (secondary N) is 1. The Labute approximate surface area is 107 Å². The molecule has 94 valence electrons. The van der Waals surface area contributed by atoms with Crippen LogP contribution in [-0.4, -0.2) is 28.4 Å². The molecule has 1 aliphatic rings. The lowest BCUT2D eigenvalue weighted by Gasteiger charge is -2.24. The summed E-state index contributed by atoms with van der Waals surface area (Å²) in [5.74, 6) is 0.185. The van der Waals surface area contributed by atoms with E-state index in [9.17, 15) is 4.79 Å². The normalized spacial score (nSPS) is 19.6. The molecule has 1 atom stereocenters. The summed E-state index contributed by atoms with van der Waals surface area (Å²) >= 11 is 0. The molecule has 1 aromatic heterocycles. The molecule has 1 aromatic carbocycles. The molecule has 1 amide bonds. The van der Waals surface area contributed by atoms with E-state index in [-0.39, 0.29) is 5.91 Å². The Kier molecular flexibility index (Phi) is 2.82. The highest BCUT2D eigenvalue weighted by Gasteiger charge is 2.28. The first kappa shape index (κ1) is 11.3. The molecule has 1 aliphatic heterocycles. The third kappa shape index (κ3) is 1.70. The molecular weight excluding hydrogens is 224 g/mol. The van der Waals surface area contributed by atoms with E-state index in [1.54, 1.807) is 0 Å². The summed E-state index contributed by atoms with van der Waals surface area (Å²) in [7, 11) is 0. The maximum atomic E-state index is 12.6. The van der Waals surface area contributed by atoms with Crippen LogP contribution in [-0.2, 0) is 0 Å². The van der Waals surface area contributed by atoms with Gasteiger partial charge in [-0.1, -0.05) is 13.0 Å². The molecule has 0 saturated carbocycles. The van der Waals surface area contributed by atoms with Gasteiger partial charge < -0.3 is 9.88 Å². The molecular formula is C15H18N2O. The van der Waals surface area contributed by atoms with Crippen molar-refractivity contribution < 1.29 is 4.79 Å². The van der Waals surface area contributed by atoms with Crippen molar-refractivity contribution in [2.24, 2.45) is 0 Å². The van der Waals surface area contributed by atoms with Gasteiger partial charge in [0.1, 0.15) is 0 Å². The average molecular weight is 242 g/mol. The molecule has 1 fully saturated rings. The number of carbonyl (C=O) groups excluding carboxylic acids is 1. The fourth-order valence-electron chi connectivity index (χ4n) is 2.95. The lowest BCUT2D eigenvalue weighted by atomic mass is 10.1. The zero-order valence-corrected chi connectivity index (χ0v) is 10.6. The quantitative estimate of drug-likeness (QED) is 0.862. The van der Waals surface area contributed by atoms with E-state index in [2.05, 4.69) is 11.9 Å². The van der Waals surface area contributed by atoms with E-state index in [1.807, 2.05) is 35.4 Å². The van der Waals surface area contributed by atoms with Crippen LogP contribution in [0.4, 0.5) is 0 Å². The van der Waals surface area contributed by atoms with Gasteiger partial charge in [-0.25, -0.2) is 0 Å². The summed E-state index contributed by atoms with van der Waals surface area (Å²) in [6.07, 6.45) is 5.22. The zero-order valence-electron chi connectivity index (χ0n) is 10.6. The predicted octanol–water partition coefficient (Wildman–Crippen LogP) is 3.18. The monoisotopic (exact) mass is 242 g/mol. The van der Waals surface area contributed by atoms with Crippen LogP contribution in [0.1, 0.15) is 36.5 Å². The number of amides is 1. The largest absolute Gasteiger partial charge is 0.361 e. The van der Waals surface area contributed by atoms with E-state index < -0.39 is 0 Å². The minimum Gasteiger partial charge on any atom is -0.361 e. The maximum Gasteiger partial charge on any atom is 0.254 e. The third-order valence-corrected chi connectivity index (χ3v) is 3.93. The number of rotatable bonds is 2. The molecule has 3 nitrogen and oxygen atoms in total. The first-order valence-corrected chi connectivity index (χ1v) is 6.68. The summed E-state index contributed by atoms with van der Waals surface area (Å²) in [5, 5.41) is 1.03. The van der Waals surface area contributed by atoms with E-state index in [0.29, 0.717) is 6.04 Å². The Bertz CT molecular complexity index is 573. The predicted molar refractivity (Wildman–Crippen MR) is 72.6 cm³/mol. The van der Waals surface area contributed by atoms with Crippen LogP contribution in [0.5, 0.6) is 0 Å². The first-order valence-electron chi connectivity index (χ1n) is 6.68. The Morgan fingerprint density at radius 3 is 3.17 bits per heavy atom. The number of H-pyrrole nitrogens is 1. The molecule has 0 bridgehead atoms. The second kappa shape index (κ2) is 4.48. The van der Waals surface area contributed by atoms with Crippen molar-refractivity contribution in [1.29, 1.82) is 0 Å². The Morgan fingerprint density at radius 2 is 2.33 bits per heavy atom. The fraction of sp³-hybridized carbons (Fsp3) is 0.400. The number of likely N-dealkylation sites (tertiary alicyclic amines) is 1. The molecule has 18 heavy (non-hydrogen) atoms. The second-order valence-corrected chi connectivity index (χ2v) is 4.95. The van der Waals surface area contributed by atoms with Gasteiger partial charge in [-0.05, 0) is 37.5 Å². The lowest BCUT2D eigenvalue weighted by Crippen LogP contribution is -2.35. The van der Waals surface area contributed by atoms with Gasteiger partial charge in [-0.15, -0.1) is 0 Å². The number of aromatic nitrogens is 1. The van der Waals surface area contributed by atoms with Crippen molar-refractivity contribution >= 4 is 16.8 Å². The van der Waals surface area contributed by atoms with E-state index in [0.717, 1.165) is 42.3 Å². The van der Waals surface area contributed by atoms with Gasteiger partial charge >= 0.3 is 0 Å². The second-order valence-electron chi connectivity index (χ2n) is 4.95. The number of hydrogen-bond acceptors (Lipinski definition) is 1. The number of aromatic amines is 1. The summed E-state index contributed by atoms with van der Waals surface area (Å²) < 4.78 is 0. The van der Waals surface area contributed by atoms with Gasteiger partial charge in [0, 0.05) is 35.2 Å². The van der Waals surface area contributed by atoms with Crippen molar-refractivity contribution in [2.75, 3.05) is 6.54 Å². The Morgan fingerprint density at radius 1 is 1.44 bits per heavy atom. The number of benzene rings is 1. The molecule has 3 heteroatoms. The van der Waals surface area contributed by atoms with Crippen molar-refractivity contribution in [3.63, 3.8) is 0 Å². The molecule has 1 unspecified atom stereocenters. The van der Waals surface area contributed by atoms with E-state index in [1.165, 1.54) is 0 Å². The van der Waals surface area contributed by atoms with Crippen molar-refractivity contribution in [1.82, 2.24) is 9.88 Å². The van der Waals surface area contributed by atoms with Crippen LogP contribution in [0.15, 0.2) is 30.5 Å². The summed E-state index contributed by atoms with van der Waals surface area (Å²) in [6.45, 7) is 3.06. The number of nitrogens with zero attached hydrogens (tertiary/aromatic N) is 1. The number of carbonyl (C=O) groups is 1. The van der Waals surface area contributed by atoms with Crippen LogP contribution >= 0.6 is 0 Å². The van der Waals surface area contributed by atoms with Crippen LogP contribution in [0.2, 0.25) is 0 Å². The third-order valence-electron chi connectivity index (χ3n) is 3.93. The van der Waals surface area contributed by atoms with Gasteiger partial charge in [-0.2, -0.15) is 0 Å². The molecule has 0 aliphatic carbocycles. The molecule has 2 aromatic rings. The smallest absolute Gasteiger partial charge is 0.254 e. The average Bonchev–Trinajstić information content (AvgIpc) is 3.05. The van der Waals surface area contributed by atoms with Crippen LogP contribution in [0.3, 0.4) is 0 Å². The molecule has 2 heterocycles. The molecule has 1 N–H and O–H groups in total. The van der Waals surface area contributed by atoms with Crippen molar-refractivity contribution in [3.8, 4) is 0 Å². The highest BCUT2D eigenvalue weighted by molar-refractivity contribution is 6.06. The SMILES string of the molecule is CCC1CCCN1C(=O)c1cccc2[nH]ccc12. The van der Waals surface area contributed by atoms with Gasteiger partial charge in [0.25, 0.3) is 5.91 Å². The first-order chi connectivity index (χ1) is 8.81.